The Morgan fingerprint density at radius 1 is 1.05 bits per heavy atom. The number of hydrogen-bond donors (Lipinski definition) is 7. The third kappa shape index (κ3) is 8.22. The van der Waals surface area contributed by atoms with Crippen molar-refractivity contribution in [3.63, 3.8) is 0 Å². The number of aliphatic hydroxyl groups is 4. The molecule has 8 heteroatoms. The van der Waals surface area contributed by atoms with Crippen LogP contribution in [0.1, 0.15) is 19.3 Å². The molecule has 114 valence electrons. The summed E-state index contributed by atoms with van der Waals surface area (Å²) < 4.78 is 0. The van der Waals surface area contributed by atoms with Crippen molar-refractivity contribution in [2.45, 2.75) is 43.6 Å². The first kappa shape index (κ1) is 18.4. The monoisotopic (exact) mass is 279 g/mol. The molecule has 0 aromatic heterocycles. The molecule has 0 aliphatic carbocycles. The van der Waals surface area contributed by atoms with Crippen molar-refractivity contribution in [3.05, 3.63) is 0 Å². The molecule has 0 unspecified atom stereocenters. The van der Waals surface area contributed by atoms with Crippen molar-refractivity contribution in [1.82, 2.24) is 10.9 Å². The number of hydrogen-bond acceptors (Lipinski definition) is 8. The van der Waals surface area contributed by atoms with E-state index in [9.17, 15) is 4.79 Å². The Hall–Kier alpha value is -0.610. The molecule has 0 amide bonds. The minimum atomic E-state index is -1.62. The summed E-state index contributed by atoms with van der Waals surface area (Å²) >= 11 is 0. The predicted octanol–water partition coefficient (Wildman–Crippen LogP) is -3.15. The standard InChI is InChI=1S/C6H13NO5.C5H12N2/c7-3(1-8)5(11)6(12)4(10)2-9;1-2-4-6-7-5-3-1/h1,3-6,9-12H,2,7H2;6-7H,1-5H2/t3-,4+,5+,6+;/m0./s1. The topological polar surface area (TPSA) is 148 Å². The first-order valence-electron chi connectivity index (χ1n) is 6.36. The number of hydrazine groups is 1. The molecule has 1 aliphatic rings. The number of aliphatic hydroxyl groups excluding tert-OH is 4. The van der Waals surface area contributed by atoms with Gasteiger partial charge >= 0.3 is 0 Å². The minimum absolute atomic E-state index is 0.248. The molecule has 19 heavy (non-hydrogen) atoms. The quantitative estimate of drug-likeness (QED) is 0.261. The fourth-order valence-electron chi connectivity index (χ4n) is 1.42. The van der Waals surface area contributed by atoms with Crippen LogP contribution in [0.25, 0.3) is 0 Å². The van der Waals surface area contributed by atoms with E-state index in [2.05, 4.69) is 10.9 Å². The van der Waals surface area contributed by atoms with E-state index in [1.807, 2.05) is 0 Å². The Morgan fingerprint density at radius 2 is 1.58 bits per heavy atom. The highest BCUT2D eigenvalue weighted by atomic mass is 16.4. The molecule has 1 heterocycles. The van der Waals surface area contributed by atoms with Crippen LogP contribution in [0.5, 0.6) is 0 Å². The highest BCUT2D eigenvalue weighted by Gasteiger charge is 2.28. The summed E-state index contributed by atoms with van der Waals surface area (Å²) in [4.78, 5) is 10.0. The number of nitrogens with one attached hydrogen (secondary N) is 2. The Bertz CT molecular complexity index is 213. The number of carbonyl (C=O) groups excluding carboxylic acids is 1. The number of aldehydes is 1. The van der Waals surface area contributed by atoms with Gasteiger partial charge in [0, 0.05) is 13.1 Å². The lowest BCUT2D eigenvalue weighted by atomic mass is 10.0. The van der Waals surface area contributed by atoms with Crippen LogP contribution < -0.4 is 16.6 Å². The summed E-state index contributed by atoms with van der Waals surface area (Å²) in [7, 11) is 0. The van der Waals surface area contributed by atoms with Crippen LogP contribution in [0, 0.1) is 0 Å². The SMILES string of the molecule is C1CCNNCC1.N[C@@H](C=O)[C@@H](O)[C@H](O)[C@H](O)CO. The zero-order valence-corrected chi connectivity index (χ0v) is 10.9. The number of nitrogens with two attached hydrogens (primary N) is 1. The molecule has 1 aliphatic heterocycles. The van der Waals surface area contributed by atoms with Gasteiger partial charge in [-0.05, 0) is 12.8 Å². The fraction of sp³-hybridized carbons (Fsp3) is 0.909. The molecule has 1 rings (SSSR count). The summed E-state index contributed by atoms with van der Waals surface area (Å²) in [5.41, 5.74) is 11.2. The van der Waals surface area contributed by atoms with Crippen molar-refractivity contribution >= 4 is 6.29 Å². The van der Waals surface area contributed by atoms with Crippen LogP contribution in [0.3, 0.4) is 0 Å². The molecule has 0 aromatic rings. The highest BCUT2D eigenvalue weighted by Crippen LogP contribution is 2.01. The predicted molar refractivity (Wildman–Crippen MR) is 69.0 cm³/mol. The van der Waals surface area contributed by atoms with Crippen LogP contribution in [0.4, 0.5) is 0 Å². The molecule has 8 N–H and O–H groups in total. The lowest BCUT2D eigenvalue weighted by molar-refractivity contribution is -0.118. The maximum atomic E-state index is 10.0. The third-order valence-corrected chi connectivity index (χ3v) is 2.71. The van der Waals surface area contributed by atoms with Crippen molar-refractivity contribution in [3.8, 4) is 0 Å². The van der Waals surface area contributed by atoms with Gasteiger partial charge in [0.25, 0.3) is 0 Å². The van der Waals surface area contributed by atoms with Gasteiger partial charge in [-0.3, -0.25) is 10.9 Å². The largest absolute Gasteiger partial charge is 0.394 e. The lowest BCUT2D eigenvalue weighted by Crippen LogP contribution is -2.49. The molecule has 0 aromatic carbocycles. The van der Waals surface area contributed by atoms with E-state index in [-0.39, 0.29) is 6.29 Å². The number of rotatable bonds is 5. The van der Waals surface area contributed by atoms with E-state index in [0.29, 0.717) is 0 Å². The van der Waals surface area contributed by atoms with Gasteiger partial charge in [0.2, 0.25) is 0 Å². The average Bonchev–Trinajstić information content (AvgIpc) is 2.77. The molecule has 0 saturated carbocycles. The molecular weight excluding hydrogens is 254 g/mol. The maximum Gasteiger partial charge on any atom is 0.139 e. The van der Waals surface area contributed by atoms with E-state index < -0.39 is 31.0 Å². The van der Waals surface area contributed by atoms with Gasteiger partial charge in [-0.15, -0.1) is 0 Å². The van der Waals surface area contributed by atoms with E-state index in [1.54, 1.807) is 0 Å². The summed E-state index contributed by atoms with van der Waals surface area (Å²) in [6, 6.07) is -1.26. The van der Waals surface area contributed by atoms with E-state index in [0.717, 1.165) is 13.1 Å². The van der Waals surface area contributed by atoms with Gasteiger partial charge in [-0.25, -0.2) is 0 Å². The van der Waals surface area contributed by atoms with Crippen LogP contribution in [-0.4, -0.2) is 70.8 Å². The summed E-state index contributed by atoms with van der Waals surface area (Å²) in [6.45, 7) is 1.57. The molecule has 8 nitrogen and oxygen atoms in total. The second-order valence-corrected chi connectivity index (χ2v) is 4.36. The van der Waals surface area contributed by atoms with E-state index >= 15 is 0 Å². The molecular formula is C11H25N3O5. The molecule has 0 bridgehead atoms. The van der Waals surface area contributed by atoms with Gasteiger partial charge < -0.3 is 31.0 Å². The molecule has 0 spiro atoms. The van der Waals surface area contributed by atoms with Gasteiger partial charge in [0.15, 0.2) is 0 Å². The van der Waals surface area contributed by atoms with Gasteiger partial charge in [0.05, 0.1) is 12.6 Å². The zero-order valence-electron chi connectivity index (χ0n) is 10.9. The minimum Gasteiger partial charge on any atom is -0.394 e. The van der Waals surface area contributed by atoms with Crippen LogP contribution in [-0.2, 0) is 4.79 Å². The third-order valence-electron chi connectivity index (χ3n) is 2.71. The van der Waals surface area contributed by atoms with Crippen LogP contribution in [0.2, 0.25) is 0 Å². The first-order valence-corrected chi connectivity index (χ1v) is 6.36. The van der Waals surface area contributed by atoms with E-state index in [4.69, 9.17) is 26.2 Å². The van der Waals surface area contributed by atoms with Crippen molar-refractivity contribution in [2.75, 3.05) is 19.7 Å². The summed E-state index contributed by atoms with van der Waals surface area (Å²) in [5, 5.41) is 35.2. The fourth-order valence-corrected chi connectivity index (χ4v) is 1.42. The van der Waals surface area contributed by atoms with Crippen LogP contribution >= 0.6 is 0 Å². The summed E-state index contributed by atoms with van der Waals surface area (Å²) in [6.07, 6.45) is -0.399. The second kappa shape index (κ2) is 11.2. The summed E-state index contributed by atoms with van der Waals surface area (Å²) in [5.74, 6) is 0. The smallest absolute Gasteiger partial charge is 0.139 e. The first-order chi connectivity index (χ1) is 9.04. The molecule has 1 saturated heterocycles. The second-order valence-electron chi connectivity index (χ2n) is 4.36. The Balaban J connectivity index is 0.000000388. The Kier molecular flexibility index (Phi) is 10.9. The van der Waals surface area contributed by atoms with Gasteiger partial charge in [0.1, 0.15) is 24.6 Å². The van der Waals surface area contributed by atoms with Crippen molar-refractivity contribution in [2.24, 2.45) is 5.73 Å². The maximum absolute atomic E-state index is 10.0. The van der Waals surface area contributed by atoms with Gasteiger partial charge in [-0.2, -0.15) is 0 Å². The van der Waals surface area contributed by atoms with Crippen molar-refractivity contribution in [1.29, 1.82) is 0 Å². The Labute approximate surface area is 112 Å². The zero-order chi connectivity index (χ0) is 14.7. The lowest BCUT2D eigenvalue weighted by Gasteiger charge is -2.23. The van der Waals surface area contributed by atoms with E-state index in [1.165, 1.54) is 19.3 Å². The normalized spacial score (nSPS) is 22.2. The van der Waals surface area contributed by atoms with Gasteiger partial charge in [-0.1, -0.05) is 6.42 Å². The molecule has 0 radical (unpaired) electrons. The number of carbonyl (C=O) groups is 1. The van der Waals surface area contributed by atoms with Crippen molar-refractivity contribution < 1.29 is 25.2 Å². The highest BCUT2D eigenvalue weighted by molar-refractivity contribution is 5.58. The molecule has 1 fully saturated rings. The Morgan fingerprint density at radius 3 is 2.00 bits per heavy atom. The molecule has 4 atom stereocenters. The average molecular weight is 279 g/mol. The van der Waals surface area contributed by atoms with Crippen LogP contribution in [0.15, 0.2) is 0 Å².